The van der Waals surface area contributed by atoms with Gasteiger partial charge in [0.05, 0.1) is 13.2 Å². The van der Waals surface area contributed by atoms with E-state index in [0.717, 1.165) is 5.56 Å². The first-order valence-electron chi connectivity index (χ1n) is 7.16. The Hall–Kier alpha value is -2.25. The lowest BCUT2D eigenvalue weighted by atomic mass is 10.1. The molecule has 0 fully saturated rings. The highest BCUT2D eigenvalue weighted by atomic mass is 19.1. The Kier molecular flexibility index (Phi) is 6.25. The molecule has 0 spiro atoms. The predicted molar refractivity (Wildman–Crippen MR) is 81.0 cm³/mol. The fourth-order valence-electron chi connectivity index (χ4n) is 1.99. The molecule has 1 unspecified atom stereocenters. The quantitative estimate of drug-likeness (QED) is 0.806. The molecule has 0 saturated carbocycles. The van der Waals surface area contributed by atoms with Gasteiger partial charge >= 0.3 is 0 Å². The molecule has 1 heterocycles. The summed E-state index contributed by atoms with van der Waals surface area (Å²) in [6.45, 7) is 2.35. The summed E-state index contributed by atoms with van der Waals surface area (Å²) in [4.78, 5) is 11.6. The highest BCUT2D eigenvalue weighted by Gasteiger charge is 2.10. The van der Waals surface area contributed by atoms with Crippen molar-refractivity contribution in [2.24, 2.45) is 0 Å². The Balaban J connectivity index is 1.79. The highest BCUT2D eigenvalue weighted by molar-refractivity contribution is 5.77. The second-order valence-electron chi connectivity index (χ2n) is 5.11. The molecule has 124 valence electrons. The fourth-order valence-corrected chi connectivity index (χ4v) is 1.99. The number of amides is 1. The Morgan fingerprint density at radius 1 is 1.39 bits per heavy atom. The third-order valence-corrected chi connectivity index (χ3v) is 2.99. The molecule has 0 bridgehead atoms. The minimum absolute atomic E-state index is 0.0757. The number of carbonyl (C=O) groups excluding carboxylic acids is 1. The van der Waals surface area contributed by atoms with Gasteiger partial charge in [0, 0.05) is 24.8 Å². The van der Waals surface area contributed by atoms with E-state index in [1.165, 1.54) is 12.1 Å². The lowest BCUT2D eigenvalue weighted by molar-refractivity contribution is -0.127. The number of ether oxygens (including phenoxy) is 2. The van der Waals surface area contributed by atoms with Crippen LogP contribution < -0.4 is 5.32 Å². The van der Waals surface area contributed by atoms with Gasteiger partial charge in [-0.25, -0.2) is 4.39 Å². The molecule has 1 aromatic heterocycles. The SMILES string of the molecule is COCC(C)NC(=O)COCc1cc(-c2ccc(F)cc2)on1. The minimum atomic E-state index is -0.314. The number of rotatable bonds is 8. The van der Waals surface area contributed by atoms with Crippen LogP contribution in [0.4, 0.5) is 4.39 Å². The summed E-state index contributed by atoms with van der Waals surface area (Å²) in [6, 6.07) is 7.52. The molecule has 0 saturated heterocycles. The van der Waals surface area contributed by atoms with Crippen molar-refractivity contribution in [2.75, 3.05) is 20.3 Å². The molecule has 0 radical (unpaired) electrons. The molecule has 0 aliphatic rings. The van der Waals surface area contributed by atoms with Gasteiger partial charge in [0.1, 0.15) is 18.1 Å². The second kappa shape index (κ2) is 8.40. The Labute approximate surface area is 133 Å². The number of carbonyl (C=O) groups is 1. The van der Waals surface area contributed by atoms with Crippen molar-refractivity contribution < 1.29 is 23.2 Å². The van der Waals surface area contributed by atoms with Crippen LogP contribution in [0, 0.1) is 5.82 Å². The fraction of sp³-hybridized carbons (Fsp3) is 0.375. The molecule has 6 nitrogen and oxygen atoms in total. The van der Waals surface area contributed by atoms with E-state index in [9.17, 15) is 9.18 Å². The molecule has 1 aromatic carbocycles. The van der Waals surface area contributed by atoms with Crippen molar-refractivity contribution in [3.63, 3.8) is 0 Å². The molecule has 7 heteroatoms. The van der Waals surface area contributed by atoms with Crippen molar-refractivity contribution in [2.45, 2.75) is 19.6 Å². The molecule has 1 amide bonds. The van der Waals surface area contributed by atoms with E-state index in [2.05, 4.69) is 10.5 Å². The van der Waals surface area contributed by atoms with Gasteiger partial charge in [-0.2, -0.15) is 0 Å². The lowest BCUT2D eigenvalue weighted by Gasteiger charge is -2.12. The third kappa shape index (κ3) is 5.46. The number of hydrogen-bond acceptors (Lipinski definition) is 5. The van der Waals surface area contributed by atoms with Gasteiger partial charge in [-0.3, -0.25) is 4.79 Å². The first-order valence-corrected chi connectivity index (χ1v) is 7.16. The summed E-state index contributed by atoms with van der Waals surface area (Å²) >= 11 is 0. The number of benzene rings is 1. The molecule has 2 rings (SSSR count). The maximum absolute atomic E-state index is 12.9. The summed E-state index contributed by atoms with van der Waals surface area (Å²) in [6.07, 6.45) is 0. The van der Waals surface area contributed by atoms with Crippen LogP contribution in [-0.4, -0.2) is 37.4 Å². The largest absolute Gasteiger partial charge is 0.383 e. The number of nitrogens with one attached hydrogen (secondary N) is 1. The smallest absolute Gasteiger partial charge is 0.246 e. The standard InChI is InChI=1S/C16H19FN2O4/c1-11(8-21-2)18-16(20)10-22-9-14-7-15(23-19-14)12-3-5-13(17)6-4-12/h3-7,11H,8-10H2,1-2H3,(H,18,20). The van der Waals surface area contributed by atoms with E-state index in [1.54, 1.807) is 25.3 Å². The van der Waals surface area contributed by atoms with E-state index >= 15 is 0 Å². The number of halogens is 1. The number of nitrogens with zero attached hydrogens (tertiary/aromatic N) is 1. The van der Waals surface area contributed by atoms with E-state index in [-0.39, 0.29) is 31.0 Å². The van der Waals surface area contributed by atoms with E-state index in [0.29, 0.717) is 18.1 Å². The zero-order chi connectivity index (χ0) is 16.7. The van der Waals surface area contributed by atoms with Gasteiger partial charge in [-0.1, -0.05) is 5.16 Å². The van der Waals surface area contributed by atoms with Crippen molar-refractivity contribution in [3.8, 4) is 11.3 Å². The van der Waals surface area contributed by atoms with E-state index in [4.69, 9.17) is 14.0 Å². The Bertz CT molecular complexity index is 627. The predicted octanol–water partition coefficient (Wildman–Crippen LogP) is 2.15. The number of methoxy groups -OCH3 is 1. The summed E-state index contributed by atoms with van der Waals surface area (Å²) in [7, 11) is 1.57. The Morgan fingerprint density at radius 3 is 2.83 bits per heavy atom. The molecule has 0 aliphatic carbocycles. The van der Waals surface area contributed by atoms with Crippen LogP contribution in [-0.2, 0) is 20.9 Å². The van der Waals surface area contributed by atoms with Crippen molar-refractivity contribution in [1.82, 2.24) is 10.5 Å². The van der Waals surface area contributed by atoms with Crippen molar-refractivity contribution >= 4 is 5.91 Å². The average molecular weight is 322 g/mol. The van der Waals surface area contributed by atoms with Crippen LogP contribution in [0.25, 0.3) is 11.3 Å². The van der Waals surface area contributed by atoms with Crippen LogP contribution in [0.15, 0.2) is 34.9 Å². The van der Waals surface area contributed by atoms with Gasteiger partial charge in [0.2, 0.25) is 5.91 Å². The highest BCUT2D eigenvalue weighted by Crippen LogP contribution is 2.20. The summed E-state index contributed by atoms with van der Waals surface area (Å²) in [5.74, 6) is -0.0240. The molecule has 2 aromatic rings. The molecular formula is C16H19FN2O4. The lowest BCUT2D eigenvalue weighted by Crippen LogP contribution is -2.37. The van der Waals surface area contributed by atoms with Crippen LogP contribution in [0.1, 0.15) is 12.6 Å². The molecule has 23 heavy (non-hydrogen) atoms. The van der Waals surface area contributed by atoms with Gasteiger partial charge in [-0.15, -0.1) is 0 Å². The molecule has 1 N–H and O–H groups in total. The summed E-state index contributed by atoms with van der Waals surface area (Å²) in [5, 5.41) is 6.59. The molecule has 1 atom stereocenters. The van der Waals surface area contributed by atoms with Crippen LogP contribution in [0.5, 0.6) is 0 Å². The minimum Gasteiger partial charge on any atom is -0.383 e. The van der Waals surface area contributed by atoms with Gasteiger partial charge in [0.15, 0.2) is 5.76 Å². The maximum Gasteiger partial charge on any atom is 0.246 e. The third-order valence-electron chi connectivity index (χ3n) is 2.99. The van der Waals surface area contributed by atoms with Crippen molar-refractivity contribution in [1.29, 1.82) is 0 Å². The van der Waals surface area contributed by atoms with E-state index in [1.807, 2.05) is 6.92 Å². The molecular weight excluding hydrogens is 303 g/mol. The number of hydrogen-bond donors (Lipinski definition) is 1. The first kappa shape index (κ1) is 17.1. The van der Waals surface area contributed by atoms with Gasteiger partial charge in [-0.05, 0) is 31.2 Å². The van der Waals surface area contributed by atoms with Crippen LogP contribution in [0.3, 0.4) is 0 Å². The zero-order valence-corrected chi connectivity index (χ0v) is 13.0. The van der Waals surface area contributed by atoms with E-state index < -0.39 is 0 Å². The van der Waals surface area contributed by atoms with Gasteiger partial charge < -0.3 is 19.3 Å². The first-order chi connectivity index (χ1) is 11.1. The maximum atomic E-state index is 12.9. The number of aromatic nitrogens is 1. The normalized spacial score (nSPS) is 12.1. The second-order valence-corrected chi connectivity index (χ2v) is 5.11. The zero-order valence-electron chi connectivity index (χ0n) is 13.0. The summed E-state index contributed by atoms with van der Waals surface area (Å²) < 4.78 is 28.3. The van der Waals surface area contributed by atoms with Gasteiger partial charge in [0.25, 0.3) is 0 Å². The topological polar surface area (TPSA) is 73.6 Å². The van der Waals surface area contributed by atoms with Crippen LogP contribution >= 0.6 is 0 Å². The van der Waals surface area contributed by atoms with Crippen LogP contribution in [0.2, 0.25) is 0 Å². The summed E-state index contributed by atoms with van der Waals surface area (Å²) in [5.41, 5.74) is 1.28. The average Bonchev–Trinajstić information content (AvgIpc) is 2.97. The monoisotopic (exact) mass is 322 g/mol. The van der Waals surface area contributed by atoms with Crippen molar-refractivity contribution in [3.05, 3.63) is 41.8 Å². The molecule has 0 aliphatic heterocycles. The Morgan fingerprint density at radius 2 is 2.13 bits per heavy atom.